The van der Waals surface area contributed by atoms with Crippen LogP contribution in [0.3, 0.4) is 0 Å². The number of rotatable bonds is 1. The zero-order valence-corrected chi connectivity index (χ0v) is 12.7. The summed E-state index contributed by atoms with van der Waals surface area (Å²) in [5, 5.41) is 0. The fraction of sp³-hybridized carbons (Fsp3) is 0.500. The van der Waals surface area contributed by atoms with Gasteiger partial charge in [0.05, 0.1) is 0 Å². The van der Waals surface area contributed by atoms with Crippen LogP contribution in [0, 0.1) is 0 Å². The van der Waals surface area contributed by atoms with E-state index >= 15 is 0 Å². The van der Waals surface area contributed by atoms with E-state index in [1.54, 1.807) is 0 Å². The van der Waals surface area contributed by atoms with Gasteiger partial charge in [-0.3, -0.25) is 0 Å². The highest BCUT2D eigenvalue weighted by Gasteiger charge is 2.30. The van der Waals surface area contributed by atoms with Crippen LogP contribution in [0.15, 0.2) is 35.2 Å². The van der Waals surface area contributed by atoms with Gasteiger partial charge in [-0.15, -0.1) is 11.8 Å². The van der Waals surface area contributed by atoms with Crippen molar-refractivity contribution in [3.05, 3.63) is 35.9 Å². The molecule has 0 radical (unpaired) electrons. The average Bonchev–Trinajstić information content (AvgIpc) is 2.27. The molecule has 98 valence electrons. The van der Waals surface area contributed by atoms with E-state index in [9.17, 15) is 0 Å². The molecule has 0 N–H and O–H groups in total. The van der Waals surface area contributed by atoms with E-state index in [0.29, 0.717) is 0 Å². The van der Waals surface area contributed by atoms with Crippen molar-refractivity contribution in [3.63, 3.8) is 0 Å². The van der Waals surface area contributed by atoms with Crippen molar-refractivity contribution in [2.75, 3.05) is 5.75 Å². The smallest absolute Gasteiger partial charge is 0.134 e. The number of allylic oxidation sites excluding steroid dienone is 1. The van der Waals surface area contributed by atoms with Gasteiger partial charge in [-0.1, -0.05) is 32.9 Å². The maximum absolute atomic E-state index is 6.12. The molecule has 1 aromatic rings. The second-order valence-electron chi connectivity index (χ2n) is 6.11. The highest BCUT2D eigenvalue weighted by molar-refractivity contribution is 7.99. The summed E-state index contributed by atoms with van der Waals surface area (Å²) in [5.41, 5.74) is 1.39. The van der Waals surface area contributed by atoms with Gasteiger partial charge in [0.25, 0.3) is 0 Å². The van der Waals surface area contributed by atoms with Crippen molar-refractivity contribution >= 4 is 11.8 Å². The Morgan fingerprint density at radius 2 is 2.06 bits per heavy atom. The Kier molecular flexibility index (Phi) is 3.50. The third-order valence-electron chi connectivity index (χ3n) is 3.19. The van der Waals surface area contributed by atoms with Crippen LogP contribution in [0.1, 0.15) is 40.2 Å². The Balaban J connectivity index is 2.32. The molecule has 1 aliphatic heterocycles. The lowest BCUT2D eigenvalue weighted by Crippen LogP contribution is -2.35. The van der Waals surface area contributed by atoms with E-state index in [1.807, 2.05) is 18.7 Å². The first kappa shape index (κ1) is 13.5. The summed E-state index contributed by atoms with van der Waals surface area (Å²) < 4.78 is 6.12. The molecule has 0 spiro atoms. The number of thioether (sulfide) groups is 1. The first-order chi connectivity index (χ1) is 8.34. The molecule has 1 aliphatic rings. The predicted molar refractivity (Wildman–Crippen MR) is 79.7 cm³/mol. The van der Waals surface area contributed by atoms with Gasteiger partial charge in [-0.05, 0) is 43.0 Å². The molecule has 0 saturated heterocycles. The van der Waals surface area contributed by atoms with E-state index in [4.69, 9.17) is 4.74 Å². The maximum Gasteiger partial charge on any atom is 0.134 e. The minimum Gasteiger partial charge on any atom is -0.481 e. The lowest BCUT2D eigenvalue weighted by Gasteiger charge is -2.33. The van der Waals surface area contributed by atoms with Crippen LogP contribution in [0.4, 0.5) is 0 Å². The summed E-state index contributed by atoms with van der Waals surface area (Å²) in [5.74, 6) is 1.98. The average molecular weight is 262 g/mol. The Bertz CT molecular complexity index is 470. The SMILES string of the molecule is C/C=C/C1(C)CSc2cc(C(C)(C)C)ccc2O1. The normalized spacial score (nSPS) is 23.8. The van der Waals surface area contributed by atoms with Gasteiger partial charge >= 0.3 is 0 Å². The highest BCUT2D eigenvalue weighted by Crippen LogP contribution is 2.41. The van der Waals surface area contributed by atoms with Crippen LogP contribution >= 0.6 is 11.8 Å². The molecule has 1 nitrogen and oxygen atoms in total. The number of hydrogen-bond donors (Lipinski definition) is 0. The van der Waals surface area contributed by atoms with Crippen molar-refractivity contribution in [2.24, 2.45) is 0 Å². The summed E-state index contributed by atoms with van der Waals surface area (Å²) in [4.78, 5) is 1.27. The molecule has 0 amide bonds. The Morgan fingerprint density at radius 1 is 1.33 bits per heavy atom. The number of ether oxygens (including phenoxy) is 1. The van der Waals surface area contributed by atoms with Crippen LogP contribution in [0.25, 0.3) is 0 Å². The molecule has 2 rings (SSSR count). The second kappa shape index (κ2) is 4.65. The minimum absolute atomic E-state index is 0.171. The third-order valence-corrected chi connectivity index (χ3v) is 4.53. The summed E-state index contributed by atoms with van der Waals surface area (Å²) >= 11 is 1.89. The van der Waals surface area contributed by atoms with Crippen molar-refractivity contribution in [2.45, 2.75) is 50.5 Å². The van der Waals surface area contributed by atoms with Gasteiger partial charge in [-0.2, -0.15) is 0 Å². The summed E-state index contributed by atoms with van der Waals surface area (Å²) in [7, 11) is 0. The van der Waals surface area contributed by atoms with Crippen molar-refractivity contribution in [3.8, 4) is 5.75 Å². The Labute approximate surface area is 115 Å². The largest absolute Gasteiger partial charge is 0.481 e. The van der Waals surface area contributed by atoms with Crippen LogP contribution in [-0.4, -0.2) is 11.4 Å². The highest BCUT2D eigenvalue weighted by atomic mass is 32.2. The first-order valence-electron chi connectivity index (χ1n) is 6.44. The molecule has 18 heavy (non-hydrogen) atoms. The number of fused-ring (bicyclic) bond motifs is 1. The second-order valence-corrected chi connectivity index (χ2v) is 7.13. The molecule has 0 aliphatic carbocycles. The zero-order chi connectivity index (χ0) is 13.4. The Hall–Kier alpha value is -0.890. The zero-order valence-electron chi connectivity index (χ0n) is 11.9. The molecule has 1 atom stereocenters. The van der Waals surface area contributed by atoms with E-state index in [0.717, 1.165) is 11.5 Å². The van der Waals surface area contributed by atoms with Gasteiger partial charge in [0.2, 0.25) is 0 Å². The summed E-state index contributed by atoms with van der Waals surface area (Å²) in [6.45, 7) is 10.9. The minimum atomic E-state index is -0.171. The summed E-state index contributed by atoms with van der Waals surface area (Å²) in [6.07, 6.45) is 4.20. The molecular formula is C16H22OS. The van der Waals surface area contributed by atoms with Crippen molar-refractivity contribution in [1.82, 2.24) is 0 Å². The molecule has 0 bridgehead atoms. The van der Waals surface area contributed by atoms with Gasteiger partial charge in [0, 0.05) is 10.6 Å². The lowest BCUT2D eigenvalue weighted by atomic mass is 9.87. The third kappa shape index (κ3) is 2.74. The molecule has 0 aromatic heterocycles. The van der Waals surface area contributed by atoms with Crippen LogP contribution < -0.4 is 4.74 Å². The van der Waals surface area contributed by atoms with Gasteiger partial charge in [0.15, 0.2) is 0 Å². The van der Waals surface area contributed by atoms with E-state index < -0.39 is 0 Å². The van der Waals surface area contributed by atoms with E-state index in [1.165, 1.54) is 10.5 Å². The Morgan fingerprint density at radius 3 is 2.67 bits per heavy atom. The number of hydrogen-bond acceptors (Lipinski definition) is 2. The van der Waals surface area contributed by atoms with E-state index in [2.05, 4.69) is 58.0 Å². The summed E-state index contributed by atoms with van der Waals surface area (Å²) in [6, 6.07) is 6.57. The van der Waals surface area contributed by atoms with E-state index in [-0.39, 0.29) is 11.0 Å². The molecule has 0 fully saturated rings. The molecule has 1 unspecified atom stereocenters. The lowest BCUT2D eigenvalue weighted by molar-refractivity contribution is 0.157. The van der Waals surface area contributed by atoms with Crippen molar-refractivity contribution in [1.29, 1.82) is 0 Å². The molecule has 1 heterocycles. The topological polar surface area (TPSA) is 9.23 Å². The van der Waals surface area contributed by atoms with Crippen molar-refractivity contribution < 1.29 is 4.74 Å². The fourth-order valence-electron chi connectivity index (χ4n) is 2.11. The van der Waals surface area contributed by atoms with Gasteiger partial charge in [-0.25, -0.2) is 0 Å². The quantitative estimate of drug-likeness (QED) is 0.672. The standard InChI is InChI=1S/C16H22OS/c1-6-9-16(5)11-18-14-10-12(15(2,3)4)7-8-13(14)17-16/h6-10H,11H2,1-5H3/b9-6+. The maximum atomic E-state index is 6.12. The van der Waals surface area contributed by atoms with Crippen LogP contribution in [0.5, 0.6) is 5.75 Å². The monoisotopic (exact) mass is 262 g/mol. The van der Waals surface area contributed by atoms with Gasteiger partial charge < -0.3 is 4.74 Å². The van der Waals surface area contributed by atoms with Gasteiger partial charge in [0.1, 0.15) is 11.4 Å². The predicted octanol–water partition coefficient (Wildman–Crippen LogP) is 4.80. The molecular weight excluding hydrogens is 240 g/mol. The number of benzene rings is 1. The fourth-order valence-corrected chi connectivity index (χ4v) is 3.17. The molecule has 0 saturated carbocycles. The van der Waals surface area contributed by atoms with Crippen LogP contribution in [-0.2, 0) is 5.41 Å². The first-order valence-corrected chi connectivity index (χ1v) is 7.43. The molecule has 1 aromatic carbocycles. The van der Waals surface area contributed by atoms with Crippen LogP contribution in [0.2, 0.25) is 0 Å². The molecule has 2 heteroatoms.